The van der Waals surface area contributed by atoms with Gasteiger partial charge in [-0.05, 0) is 74.0 Å². The fourth-order valence-electron chi connectivity index (χ4n) is 4.07. The minimum atomic E-state index is 0.391. The molecule has 0 aromatic carbocycles. The van der Waals surface area contributed by atoms with E-state index in [0.29, 0.717) is 6.04 Å². The van der Waals surface area contributed by atoms with Crippen molar-refractivity contribution in [3.63, 3.8) is 0 Å². The van der Waals surface area contributed by atoms with Crippen molar-refractivity contribution in [2.45, 2.75) is 51.0 Å². The van der Waals surface area contributed by atoms with Crippen LogP contribution in [0.15, 0.2) is 24.5 Å². The number of nitrogens with zero attached hydrogens (tertiary/aromatic N) is 1. The fourth-order valence-corrected chi connectivity index (χ4v) is 4.07. The van der Waals surface area contributed by atoms with Crippen molar-refractivity contribution >= 4 is 0 Å². The molecule has 0 amide bonds. The second kappa shape index (κ2) is 5.40. The molecule has 0 spiro atoms. The Morgan fingerprint density at radius 3 is 2.72 bits per heavy atom. The van der Waals surface area contributed by atoms with E-state index in [0.717, 1.165) is 30.6 Å². The first-order chi connectivity index (χ1) is 8.81. The van der Waals surface area contributed by atoms with Crippen LogP contribution in [-0.2, 0) is 6.42 Å². The maximum absolute atomic E-state index is 6.32. The van der Waals surface area contributed by atoms with Gasteiger partial charge in [0.2, 0.25) is 0 Å². The summed E-state index contributed by atoms with van der Waals surface area (Å²) in [6.45, 7) is 0. The summed E-state index contributed by atoms with van der Waals surface area (Å²) >= 11 is 0. The molecule has 2 saturated carbocycles. The number of aryl methyl sites for hydroxylation is 1. The first-order valence-corrected chi connectivity index (χ1v) is 7.45. The van der Waals surface area contributed by atoms with Crippen molar-refractivity contribution in [2.24, 2.45) is 23.5 Å². The Hall–Kier alpha value is -0.890. The van der Waals surface area contributed by atoms with Crippen LogP contribution < -0.4 is 5.73 Å². The van der Waals surface area contributed by atoms with Crippen LogP contribution in [0.25, 0.3) is 0 Å². The zero-order valence-corrected chi connectivity index (χ0v) is 11.1. The van der Waals surface area contributed by atoms with Crippen LogP contribution in [0, 0.1) is 17.8 Å². The minimum Gasteiger partial charge on any atom is -0.328 e. The summed E-state index contributed by atoms with van der Waals surface area (Å²) < 4.78 is 0. The van der Waals surface area contributed by atoms with Crippen LogP contribution in [0.5, 0.6) is 0 Å². The molecule has 2 fully saturated rings. The summed E-state index contributed by atoms with van der Waals surface area (Å²) in [5.41, 5.74) is 7.69. The Morgan fingerprint density at radius 1 is 1.22 bits per heavy atom. The molecule has 0 saturated heterocycles. The van der Waals surface area contributed by atoms with E-state index in [9.17, 15) is 0 Å². The molecule has 18 heavy (non-hydrogen) atoms. The van der Waals surface area contributed by atoms with E-state index in [4.69, 9.17) is 5.73 Å². The molecule has 0 radical (unpaired) electrons. The third-order valence-corrected chi connectivity index (χ3v) is 5.04. The van der Waals surface area contributed by atoms with Gasteiger partial charge in [-0.2, -0.15) is 0 Å². The van der Waals surface area contributed by atoms with Crippen LogP contribution >= 0.6 is 0 Å². The number of hydrogen-bond acceptors (Lipinski definition) is 2. The van der Waals surface area contributed by atoms with E-state index >= 15 is 0 Å². The van der Waals surface area contributed by atoms with Gasteiger partial charge in [0.25, 0.3) is 0 Å². The average Bonchev–Trinajstić information content (AvgIpc) is 3.00. The molecule has 2 aliphatic rings. The zero-order valence-electron chi connectivity index (χ0n) is 11.1. The van der Waals surface area contributed by atoms with Crippen molar-refractivity contribution in [2.75, 3.05) is 0 Å². The standard InChI is InChI=1S/C16H24N2/c17-16(4-2-12-5-7-18-8-6-12)11-15-10-13-1-3-14(15)9-13/h5-8,13-16H,1-4,9-11,17H2. The van der Waals surface area contributed by atoms with Gasteiger partial charge in [0.15, 0.2) is 0 Å². The smallest absolute Gasteiger partial charge is 0.0270 e. The van der Waals surface area contributed by atoms with E-state index in [-0.39, 0.29) is 0 Å². The third kappa shape index (κ3) is 2.74. The largest absolute Gasteiger partial charge is 0.328 e. The lowest BCUT2D eigenvalue weighted by Gasteiger charge is -2.24. The van der Waals surface area contributed by atoms with Crippen LogP contribution in [0.1, 0.15) is 44.1 Å². The molecule has 2 N–H and O–H groups in total. The van der Waals surface area contributed by atoms with Gasteiger partial charge in [-0.15, -0.1) is 0 Å². The second-order valence-corrected chi connectivity index (χ2v) is 6.32. The van der Waals surface area contributed by atoms with Gasteiger partial charge >= 0.3 is 0 Å². The number of hydrogen-bond donors (Lipinski definition) is 1. The van der Waals surface area contributed by atoms with Crippen molar-refractivity contribution in [3.8, 4) is 0 Å². The SMILES string of the molecule is NC(CCc1ccncc1)CC1CC2CCC1C2. The lowest BCUT2D eigenvalue weighted by Crippen LogP contribution is -2.26. The molecule has 2 bridgehead atoms. The molecule has 2 aliphatic carbocycles. The summed E-state index contributed by atoms with van der Waals surface area (Å²) in [7, 11) is 0. The molecule has 2 nitrogen and oxygen atoms in total. The average molecular weight is 244 g/mol. The van der Waals surface area contributed by atoms with Gasteiger partial charge in [-0.1, -0.05) is 6.42 Å². The van der Waals surface area contributed by atoms with Gasteiger partial charge < -0.3 is 5.73 Å². The van der Waals surface area contributed by atoms with E-state index in [1.807, 2.05) is 12.4 Å². The normalized spacial score (nSPS) is 31.7. The maximum atomic E-state index is 6.32. The summed E-state index contributed by atoms with van der Waals surface area (Å²) in [5, 5.41) is 0. The van der Waals surface area contributed by atoms with E-state index in [1.165, 1.54) is 37.7 Å². The monoisotopic (exact) mass is 244 g/mol. The van der Waals surface area contributed by atoms with Crippen LogP contribution in [0.3, 0.4) is 0 Å². The molecule has 4 unspecified atom stereocenters. The second-order valence-electron chi connectivity index (χ2n) is 6.32. The Bertz CT molecular complexity index is 376. The first kappa shape index (κ1) is 12.2. The highest BCUT2D eigenvalue weighted by atomic mass is 14.6. The van der Waals surface area contributed by atoms with Crippen molar-refractivity contribution in [1.29, 1.82) is 0 Å². The van der Waals surface area contributed by atoms with Crippen molar-refractivity contribution in [1.82, 2.24) is 4.98 Å². The topological polar surface area (TPSA) is 38.9 Å². The predicted octanol–water partition coefficient (Wildman–Crippen LogP) is 3.17. The fraction of sp³-hybridized carbons (Fsp3) is 0.688. The summed E-state index contributed by atoms with van der Waals surface area (Å²) in [4.78, 5) is 4.05. The molecule has 98 valence electrons. The lowest BCUT2D eigenvalue weighted by atomic mass is 9.83. The van der Waals surface area contributed by atoms with E-state index < -0.39 is 0 Å². The quantitative estimate of drug-likeness (QED) is 0.864. The molecular weight excluding hydrogens is 220 g/mol. The Balaban J connectivity index is 1.43. The predicted molar refractivity (Wildman–Crippen MR) is 74.1 cm³/mol. The molecule has 3 rings (SSSR count). The number of nitrogens with two attached hydrogens (primary N) is 1. The third-order valence-electron chi connectivity index (χ3n) is 5.04. The van der Waals surface area contributed by atoms with Gasteiger partial charge in [-0.25, -0.2) is 0 Å². The number of fused-ring (bicyclic) bond motifs is 2. The highest BCUT2D eigenvalue weighted by Crippen LogP contribution is 2.49. The van der Waals surface area contributed by atoms with Gasteiger partial charge in [-0.3, -0.25) is 4.98 Å². The van der Waals surface area contributed by atoms with Crippen molar-refractivity contribution < 1.29 is 0 Å². The Labute approximate surface area is 110 Å². The molecular formula is C16H24N2. The molecule has 0 aliphatic heterocycles. The summed E-state index contributed by atoms with van der Waals surface area (Å²) in [6, 6.07) is 4.59. The highest BCUT2D eigenvalue weighted by Gasteiger charge is 2.39. The molecule has 2 heteroatoms. The van der Waals surface area contributed by atoms with E-state index in [2.05, 4.69) is 17.1 Å². The van der Waals surface area contributed by atoms with Gasteiger partial charge in [0.1, 0.15) is 0 Å². The lowest BCUT2D eigenvalue weighted by molar-refractivity contribution is 0.290. The molecule has 1 aromatic heterocycles. The maximum Gasteiger partial charge on any atom is 0.0270 e. The van der Waals surface area contributed by atoms with Crippen LogP contribution in [0.4, 0.5) is 0 Å². The first-order valence-electron chi connectivity index (χ1n) is 7.45. The highest BCUT2D eigenvalue weighted by molar-refractivity contribution is 5.09. The van der Waals surface area contributed by atoms with Crippen LogP contribution in [-0.4, -0.2) is 11.0 Å². The number of aromatic nitrogens is 1. The molecule has 1 aromatic rings. The minimum absolute atomic E-state index is 0.391. The Morgan fingerprint density at radius 2 is 2.06 bits per heavy atom. The van der Waals surface area contributed by atoms with Gasteiger partial charge in [0, 0.05) is 18.4 Å². The van der Waals surface area contributed by atoms with E-state index in [1.54, 1.807) is 0 Å². The number of pyridine rings is 1. The van der Waals surface area contributed by atoms with Crippen LogP contribution in [0.2, 0.25) is 0 Å². The van der Waals surface area contributed by atoms with Crippen molar-refractivity contribution in [3.05, 3.63) is 30.1 Å². The molecule has 1 heterocycles. The molecule has 4 atom stereocenters. The summed E-state index contributed by atoms with van der Waals surface area (Å²) in [5.74, 6) is 3.01. The van der Waals surface area contributed by atoms with Gasteiger partial charge in [0.05, 0.1) is 0 Å². The number of rotatable bonds is 5. The summed E-state index contributed by atoms with van der Waals surface area (Å²) in [6.07, 6.45) is 13.2. The zero-order chi connectivity index (χ0) is 12.4. The Kier molecular flexibility index (Phi) is 3.64.